The zero-order valence-corrected chi connectivity index (χ0v) is 25.2. The van der Waals surface area contributed by atoms with Crippen molar-refractivity contribution in [2.75, 3.05) is 26.7 Å². The number of benzene rings is 2. The zero-order valence-electron chi connectivity index (χ0n) is 25.2. The number of aliphatic hydroxyl groups is 1. The summed E-state index contributed by atoms with van der Waals surface area (Å²) in [6, 6.07) is 12.7. The lowest BCUT2D eigenvalue weighted by Gasteiger charge is -2.43. The fraction of sp³-hybridized carbons (Fsp3) is 0.559. The third-order valence-corrected chi connectivity index (χ3v) is 7.46. The molecule has 0 radical (unpaired) electrons. The Morgan fingerprint density at radius 2 is 1.67 bits per heavy atom. The van der Waals surface area contributed by atoms with Crippen LogP contribution in [-0.4, -0.2) is 42.6 Å². The molecule has 4 nitrogen and oxygen atoms in total. The molecule has 39 heavy (non-hydrogen) atoms. The SMILES string of the molecule is C1CCCC1.C=C.CC.CC(=O)NCCCC(O)(c1ccccc1-c1cc(C)ccc1F)C1CCCN(C)C1. The summed E-state index contributed by atoms with van der Waals surface area (Å²) in [4.78, 5) is 13.5. The molecule has 1 amide bonds. The van der Waals surface area contributed by atoms with Crippen LogP contribution in [0.25, 0.3) is 11.1 Å². The van der Waals surface area contributed by atoms with Gasteiger partial charge in [-0.2, -0.15) is 0 Å². The number of aryl methyl sites for hydroxylation is 1. The summed E-state index contributed by atoms with van der Waals surface area (Å²) in [6.45, 7) is 15.8. The van der Waals surface area contributed by atoms with Crippen molar-refractivity contribution < 1.29 is 14.3 Å². The summed E-state index contributed by atoms with van der Waals surface area (Å²) in [6.07, 6.45) is 10.6. The van der Waals surface area contributed by atoms with Crippen LogP contribution in [0.1, 0.15) is 89.7 Å². The van der Waals surface area contributed by atoms with Crippen molar-refractivity contribution in [3.05, 3.63) is 72.6 Å². The first-order valence-electron chi connectivity index (χ1n) is 14.8. The first kappa shape index (κ1) is 34.5. The summed E-state index contributed by atoms with van der Waals surface area (Å²) in [7, 11) is 2.08. The van der Waals surface area contributed by atoms with Crippen LogP contribution < -0.4 is 5.32 Å². The number of hydrogen-bond donors (Lipinski definition) is 2. The predicted octanol–water partition coefficient (Wildman–Crippen LogP) is 8.03. The van der Waals surface area contributed by atoms with Crippen molar-refractivity contribution in [2.45, 2.75) is 91.1 Å². The molecule has 2 N–H and O–H groups in total. The molecule has 1 saturated heterocycles. The van der Waals surface area contributed by atoms with Crippen molar-refractivity contribution in [1.29, 1.82) is 0 Å². The quantitative estimate of drug-likeness (QED) is 0.276. The van der Waals surface area contributed by atoms with Crippen molar-refractivity contribution in [1.82, 2.24) is 10.2 Å². The van der Waals surface area contributed by atoms with Crippen molar-refractivity contribution >= 4 is 5.91 Å². The molecule has 0 aromatic heterocycles. The summed E-state index contributed by atoms with van der Waals surface area (Å²) in [5.41, 5.74) is 1.93. The van der Waals surface area contributed by atoms with Gasteiger partial charge in [-0.05, 0) is 69.5 Å². The summed E-state index contributed by atoms with van der Waals surface area (Å²) in [5, 5.41) is 15.0. The van der Waals surface area contributed by atoms with E-state index in [0.29, 0.717) is 24.9 Å². The van der Waals surface area contributed by atoms with E-state index in [4.69, 9.17) is 0 Å². The first-order chi connectivity index (χ1) is 18.8. The van der Waals surface area contributed by atoms with Gasteiger partial charge in [0.2, 0.25) is 5.91 Å². The number of hydrogen-bond acceptors (Lipinski definition) is 3. The van der Waals surface area contributed by atoms with Crippen molar-refractivity contribution in [3.63, 3.8) is 0 Å². The standard InChI is InChI=1S/C25H33FN2O2.C5H10.C2H6.C2H4/c1-18-11-12-24(26)22(16-18)21-9-4-5-10-23(21)25(30,13-7-14-27-19(2)29)20-8-6-15-28(3)17-20;1-2-4-5-3-1;2*1-2/h4-5,9-12,16,20,30H,6-8,13-15,17H2,1-3H3,(H,27,29);1-5H2;1-2H3;1-2H2. The Balaban J connectivity index is 0.000000733. The number of carbonyl (C=O) groups excluding carboxylic acids is 1. The number of nitrogens with zero attached hydrogens (tertiary/aromatic N) is 1. The van der Waals surface area contributed by atoms with Gasteiger partial charge in [0.1, 0.15) is 5.82 Å². The number of carbonyl (C=O) groups is 1. The van der Waals surface area contributed by atoms with E-state index in [2.05, 4.69) is 30.4 Å². The second-order valence-corrected chi connectivity index (χ2v) is 10.4. The van der Waals surface area contributed by atoms with Gasteiger partial charge in [0.05, 0.1) is 5.60 Å². The van der Waals surface area contributed by atoms with E-state index in [-0.39, 0.29) is 17.6 Å². The number of likely N-dealkylation sites (tertiary alicyclic amines) is 1. The molecule has 2 unspecified atom stereocenters. The van der Waals surface area contributed by atoms with Gasteiger partial charge in [0, 0.05) is 31.5 Å². The van der Waals surface area contributed by atoms with E-state index in [1.54, 1.807) is 6.07 Å². The maximum atomic E-state index is 14.8. The second-order valence-electron chi connectivity index (χ2n) is 10.4. The monoisotopic (exact) mass is 540 g/mol. The number of rotatable bonds is 7. The summed E-state index contributed by atoms with van der Waals surface area (Å²) >= 11 is 0. The molecule has 0 spiro atoms. The highest BCUT2D eigenvalue weighted by Crippen LogP contribution is 2.43. The third kappa shape index (κ3) is 10.9. The van der Waals surface area contributed by atoms with Gasteiger partial charge in [-0.3, -0.25) is 4.79 Å². The summed E-state index contributed by atoms with van der Waals surface area (Å²) < 4.78 is 14.8. The van der Waals surface area contributed by atoms with Gasteiger partial charge in [-0.15, -0.1) is 13.2 Å². The maximum Gasteiger partial charge on any atom is 0.216 e. The molecule has 1 aliphatic heterocycles. The maximum absolute atomic E-state index is 14.8. The third-order valence-electron chi connectivity index (χ3n) is 7.46. The molecule has 1 heterocycles. The predicted molar refractivity (Wildman–Crippen MR) is 164 cm³/mol. The molecule has 2 fully saturated rings. The van der Waals surface area contributed by atoms with Crippen LogP contribution in [0.5, 0.6) is 0 Å². The van der Waals surface area contributed by atoms with Crippen molar-refractivity contribution in [3.8, 4) is 11.1 Å². The van der Waals surface area contributed by atoms with Crippen LogP contribution in [0.4, 0.5) is 4.39 Å². The van der Waals surface area contributed by atoms with E-state index in [1.807, 2.05) is 51.1 Å². The van der Waals surface area contributed by atoms with E-state index in [1.165, 1.54) is 45.1 Å². The van der Waals surface area contributed by atoms with E-state index >= 15 is 0 Å². The lowest BCUT2D eigenvalue weighted by molar-refractivity contribution is -0.119. The molecule has 5 heteroatoms. The van der Waals surface area contributed by atoms with Crippen LogP contribution in [0, 0.1) is 18.7 Å². The van der Waals surface area contributed by atoms with Crippen LogP contribution >= 0.6 is 0 Å². The highest BCUT2D eigenvalue weighted by atomic mass is 19.1. The molecule has 2 aromatic rings. The van der Waals surface area contributed by atoms with Crippen LogP contribution in [-0.2, 0) is 10.4 Å². The highest BCUT2D eigenvalue weighted by molar-refractivity contribution is 5.72. The number of halogens is 1. The Labute approximate surface area is 237 Å². The normalized spacial score (nSPS) is 18.2. The van der Waals surface area contributed by atoms with Gasteiger partial charge in [-0.1, -0.05) is 81.8 Å². The second kappa shape index (κ2) is 18.7. The largest absolute Gasteiger partial charge is 0.385 e. The lowest BCUT2D eigenvalue weighted by atomic mass is 9.72. The molecule has 4 rings (SSSR count). The number of amides is 1. The molecule has 1 saturated carbocycles. The average molecular weight is 541 g/mol. The van der Waals surface area contributed by atoms with Crippen LogP contribution in [0.3, 0.4) is 0 Å². The Morgan fingerprint density at radius 3 is 2.26 bits per heavy atom. The molecule has 2 aromatic carbocycles. The average Bonchev–Trinajstić information content (AvgIpc) is 3.55. The van der Waals surface area contributed by atoms with E-state index in [9.17, 15) is 14.3 Å². The van der Waals surface area contributed by atoms with Gasteiger partial charge >= 0.3 is 0 Å². The van der Waals surface area contributed by atoms with Crippen LogP contribution in [0.15, 0.2) is 55.6 Å². The molecular formula is C34H53FN2O2. The molecule has 2 aliphatic rings. The minimum atomic E-state index is -1.10. The lowest BCUT2D eigenvalue weighted by Crippen LogP contribution is -2.45. The van der Waals surface area contributed by atoms with Gasteiger partial charge < -0.3 is 15.3 Å². The smallest absolute Gasteiger partial charge is 0.216 e. The zero-order chi connectivity index (χ0) is 29.3. The topological polar surface area (TPSA) is 52.6 Å². The Morgan fingerprint density at radius 1 is 1.05 bits per heavy atom. The number of piperidine rings is 1. The van der Waals surface area contributed by atoms with Crippen molar-refractivity contribution in [2.24, 2.45) is 5.92 Å². The Bertz CT molecular complexity index is 968. The Kier molecular flexibility index (Phi) is 16.6. The van der Waals surface area contributed by atoms with E-state index in [0.717, 1.165) is 42.6 Å². The Hall–Kier alpha value is -2.50. The molecular weight excluding hydrogens is 487 g/mol. The fourth-order valence-electron chi connectivity index (χ4n) is 5.56. The minimum Gasteiger partial charge on any atom is -0.385 e. The minimum absolute atomic E-state index is 0.0441. The molecule has 218 valence electrons. The van der Waals surface area contributed by atoms with Gasteiger partial charge in [-0.25, -0.2) is 4.39 Å². The molecule has 2 atom stereocenters. The highest BCUT2D eigenvalue weighted by Gasteiger charge is 2.41. The van der Waals surface area contributed by atoms with Gasteiger partial charge in [0.25, 0.3) is 0 Å². The first-order valence-corrected chi connectivity index (χ1v) is 14.8. The fourth-order valence-corrected chi connectivity index (χ4v) is 5.56. The number of nitrogens with one attached hydrogen (secondary N) is 1. The molecule has 1 aliphatic carbocycles. The van der Waals surface area contributed by atoms with Crippen LogP contribution in [0.2, 0.25) is 0 Å². The molecule has 0 bridgehead atoms. The summed E-state index contributed by atoms with van der Waals surface area (Å²) in [5.74, 6) is -0.310. The van der Waals surface area contributed by atoms with E-state index < -0.39 is 5.60 Å². The van der Waals surface area contributed by atoms with Gasteiger partial charge in [0.15, 0.2) is 0 Å².